The predicted molar refractivity (Wildman–Crippen MR) is 87.3 cm³/mol. The summed E-state index contributed by atoms with van der Waals surface area (Å²) in [5.41, 5.74) is 5.16. The van der Waals surface area contributed by atoms with Crippen LogP contribution < -0.4 is 5.32 Å². The Morgan fingerprint density at radius 1 is 1.00 bits per heavy atom. The highest BCUT2D eigenvalue weighted by molar-refractivity contribution is 5.42. The molecule has 1 spiro atoms. The van der Waals surface area contributed by atoms with Gasteiger partial charge in [0.25, 0.3) is 0 Å². The summed E-state index contributed by atoms with van der Waals surface area (Å²) >= 11 is 0. The van der Waals surface area contributed by atoms with E-state index in [9.17, 15) is 0 Å². The van der Waals surface area contributed by atoms with Crippen LogP contribution >= 0.6 is 0 Å². The van der Waals surface area contributed by atoms with E-state index >= 15 is 0 Å². The molecule has 0 heterocycles. The first-order valence-corrected chi connectivity index (χ1v) is 8.21. The van der Waals surface area contributed by atoms with Crippen molar-refractivity contribution in [2.24, 2.45) is 5.92 Å². The fourth-order valence-corrected chi connectivity index (χ4v) is 4.22. The van der Waals surface area contributed by atoms with Crippen LogP contribution in [0.25, 0.3) is 0 Å². The topological polar surface area (TPSA) is 12.0 Å². The van der Waals surface area contributed by atoms with Crippen LogP contribution in [0.4, 0.5) is 0 Å². The van der Waals surface area contributed by atoms with Crippen molar-refractivity contribution in [1.82, 2.24) is 5.32 Å². The molecule has 0 bridgehead atoms. The van der Waals surface area contributed by atoms with E-state index in [4.69, 9.17) is 0 Å². The molecule has 1 saturated carbocycles. The van der Waals surface area contributed by atoms with E-state index in [-0.39, 0.29) is 0 Å². The van der Waals surface area contributed by atoms with Crippen molar-refractivity contribution in [3.05, 3.63) is 71.3 Å². The Kier molecular flexibility index (Phi) is 3.31. The summed E-state index contributed by atoms with van der Waals surface area (Å²) in [5, 5.41) is 3.67. The molecule has 2 atom stereocenters. The fourth-order valence-electron chi connectivity index (χ4n) is 4.22. The van der Waals surface area contributed by atoms with Gasteiger partial charge in [0, 0.05) is 6.54 Å². The van der Waals surface area contributed by atoms with Gasteiger partial charge in [0.1, 0.15) is 0 Å². The van der Waals surface area contributed by atoms with Gasteiger partial charge < -0.3 is 5.32 Å². The zero-order chi connectivity index (χ0) is 14.1. The molecule has 1 fully saturated rings. The van der Waals surface area contributed by atoms with Crippen LogP contribution in [0.2, 0.25) is 0 Å². The lowest BCUT2D eigenvalue weighted by Crippen LogP contribution is -2.24. The maximum atomic E-state index is 3.67. The summed E-state index contributed by atoms with van der Waals surface area (Å²) in [6.07, 6.45) is 5.42. The monoisotopic (exact) mass is 277 g/mol. The smallest absolute Gasteiger partial charge is 0.0205 e. The SMILES string of the molecule is c1ccc(CNC[C@H]2C[C@@]23CCCc2ccccc23)cc1. The summed E-state index contributed by atoms with van der Waals surface area (Å²) < 4.78 is 0. The third-order valence-corrected chi connectivity index (χ3v) is 5.42. The highest BCUT2D eigenvalue weighted by Gasteiger charge is 2.55. The molecule has 2 aliphatic carbocycles. The molecule has 0 unspecified atom stereocenters. The molecule has 0 aromatic heterocycles. The van der Waals surface area contributed by atoms with Crippen LogP contribution in [-0.2, 0) is 18.4 Å². The Labute approximate surface area is 127 Å². The van der Waals surface area contributed by atoms with Gasteiger partial charge in [-0.15, -0.1) is 0 Å². The van der Waals surface area contributed by atoms with Gasteiger partial charge >= 0.3 is 0 Å². The third-order valence-electron chi connectivity index (χ3n) is 5.42. The van der Waals surface area contributed by atoms with E-state index < -0.39 is 0 Å². The van der Waals surface area contributed by atoms with Gasteiger partial charge in [0.05, 0.1) is 0 Å². The number of hydrogen-bond acceptors (Lipinski definition) is 1. The van der Waals surface area contributed by atoms with Crippen molar-refractivity contribution < 1.29 is 0 Å². The largest absolute Gasteiger partial charge is 0.312 e. The number of rotatable bonds is 4. The van der Waals surface area contributed by atoms with E-state index in [0.717, 1.165) is 19.0 Å². The number of hydrogen-bond donors (Lipinski definition) is 1. The number of nitrogens with one attached hydrogen (secondary N) is 1. The lowest BCUT2D eigenvalue weighted by atomic mass is 9.78. The molecule has 1 nitrogen and oxygen atoms in total. The third kappa shape index (κ3) is 2.40. The molecule has 0 radical (unpaired) electrons. The second-order valence-corrected chi connectivity index (χ2v) is 6.68. The Balaban J connectivity index is 1.40. The van der Waals surface area contributed by atoms with Crippen LogP contribution in [0, 0.1) is 5.92 Å². The second-order valence-electron chi connectivity index (χ2n) is 6.68. The van der Waals surface area contributed by atoms with Gasteiger partial charge in [-0.05, 0) is 60.3 Å². The zero-order valence-electron chi connectivity index (χ0n) is 12.5. The van der Waals surface area contributed by atoms with Crippen LogP contribution in [-0.4, -0.2) is 6.54 Å². The van der Waals surface area contributed by atoms with Gasteiger partial charge in [-0.2, -0.15) is 0 Å². The van der Waals surface area contributed by atoms with Gasteiger partial charge in [0.15, 0.2) is 0 Å². The second kappa shape index (κ2) is 5.31. The normalized spacial score (nSPS) is 26.6. The molecule has 0 aliphatic heterocycles. The van der Waals surface area contributed by atoms with E-state index in [0.29, 0.717) is 5.41 Å². The van der Waals surface area contributed by atoms with Crippen LogP contribution in [0.15, 0.2) is 54.6 Å². The van der Waals surface area contributed by atoms with Gasteiger partial charge in [0.2, 0.25) is 0 Å². The number of fused-ring (bicyclic) bond motifs is 2. The highest BCUT2D eigenvalue weighted by Crippen LogP contribution is 2.59. The molecule has 108 valence electrons. The summed E-state index contributed by atoms with van der Waals surface area (Å²) in [7, 11) is 0. The average molecular weight is 277 g/mol. The van der Waals surface area contributed by atoms with Crippen LogP contribution in [0.3, 0.4) is 0 Å². The molecule has 0 saturated heterocycles. The minimum absolute atomic E-state index is 0.512. The molecule has 1 N–H and O–H groups in total. The Morgan fingerprint density at radius 2 is 1.81 bits per heavy atom. The number of benzene rings is 2. The predicted octanol–water partition coefficient (Wildman–Crippen LogP) is 4.07. The Hall–Kier alpha value is -1.60. The molecule has 2 aliphatic rings. The molecular weight excluding hydrogens is 254 g/mol. The first-order valence-electron chi connectivity index (χ1n) is 8.21. The highest BCUT2D eigenvalue weighted by atomic mass is 14.9. The molecule has 2 aromatic carbocycles. The van der Waals surface area contributed by atoms with Crippen molar-refractivity contribution in [1.29, 1.82) is 0 Å². The fraction of sp³-hybridized carbons (Fsp3) is 0.400. The summed E-state index contributed by atoms with van der Waals surface area (Å²) in [5.74, 6) is 0.836. The first-order chi connectivity index (χ1) is 10.4. The van der Waals surface area contributed by atoms with Gasteiger partial charge in [-0.1, -0.05) is 54.6 Å². The zero-order valence-corrected chi connectivity index (χ0v) is 12.5. The quantitative estimate of drug-likeness (QED) is 0.888. The van der Waals surface area contributed by atoms with E-state index in [1.165, 1.54) is 31.2 Å². The summed E-state index contributed by atoms with van der Waals surface area (Å²) in [6.45, 7) is 2.15. The van der Waals surface area contributed by atoms with Gasteiger partial charge in [-0.25, -0.2) is 0 Å². The maximum absolute atomic E-state index is 3.67. The lowest BCUT2D eigenvalue weighted by Gasteiger charge is -2.26. The molecular formula is C20H23N. The van der Waals surface area contributed by atoms with Crippen molar-refractivity contribution in [2.75, 3.05) is 6.54 Å². The minimum Gasteiger partial charge on any atom is -0.312 e. The first kappa shape index (κ1) is 13.1. The molecule has 2 aromatic rings. The van der Waals surface area contributed by atoms with Crippen molar-refractivity contribution >= 4 is 0 Å². The number of aryl methyl sites for hydroxylation is 1. The van der Waals surface area contributed by atoms with E-state index in [1.807, 2.05) is 0 Å². The van der Waals surface area contributed by atoms with Crippen LogP contribution in [0.1, 0.15) is 36.0 Å². The minimum atomic E-state index is 0.512. The molecule has 21 heavy (non-hydrogen) atoms. The van der Waals surface area contributed by atoms with Crippen LogP contribution in [0.5, 0.6) is 0 Å². The Bertz CT molecular complexity index is 619. The summed E-state index contributed by atoms with van der Waals surface area (Å²) in [6, 6.07) is 19.9. The van der Waals surface area contributed by atoms with Crippen molar-refractivity contribution in [3.8, 4) is 0 Å². The van der Waals surface area contributed by atoms with Crippen molar-refractivity contribution in [2.45, 2.75) is 37.6 Å². The molecule has 1 heteroatoms. The van der Waals surface area contributed by atoms with Gasteiger partial charge in [-0.3, -0.25) is 0 Å². The van der Waals surface area contributed by atoms with Crippen molar-refractivity contribution in [3.63, 3.8) is 0 Å². The standard InChI is InChI=1S/C20H23N/c1-2-7-16(8-3-1)14-21-15-18-13-20(18)12-6-10-17-9-4-5-11-19(17)20/h1-5,7-9,11,18,21H,6,10,12-15H2/t18-,20+/m1/s1. The summed E-state index contributed by atoms with van der Waals surface area (Å²) in [4.78, 5) is 0. The van der Waals surface area contributed by atoms with E-state index in [1.54, 1.807) is 11.1 Å². The molecule has 0 amide bonds. The lowest BCUT2D eigenvalue weighted by molar-refractivity contribution is 0.479. The maximum Gasteiger partial charge on any atom is 0.0205 e. The average Bonchev–Trinajstić information content (AvgIpc) is 3.22. The molecule has 4 rings (SSSR count). The Morgan fingerprint density at radius 3 is 2.71 bits per heavy atom. The van der Waals surface area contributed by atoms with E-state index in [2.05, 4.69) is 59.9 Å².